The molecular formula is C23H27Cl2NO2. The normalized spacial score (nSPS) is 15.5. The summed E-state index contributed by atoms with van der Waals surface area (Å²) in [5, 5.41) is 4.28. The summed E-state index contributed by atoms with van der Waals surface area (Å²) in [5.41, 5.74) is 3.09. The van der Waals surface area contributed by atoms with Crippen LogP contribution in [0.15, 0.2) is 30.3 Å². The predicted molar refractivity (Wildman–Crippen MR) is 117 cm³/mol. The van der Waals surface area contributed by atoms with Gasteiger partial charge >= 0.3 is 0 Å². The van der Waals surface area contributed by atoms with Crippen molar-refractivity contribution in [1.29, 1.82) is 0 Å². The Kier molecular flexibility index (Phi) is 6.57. The van der Waals surface area contributed by atoms with Crippen LogP contribution in [0.2, 0.25) is 10.0 Å². The molecule has 1 aliphatic rings. The second kappa shape index (κ2) is 8.75. The molecule has 28 heavy (non-hydrogen) atoms. The molecule has 3 nitrogen and oxygen atoms in total. The van der Waals surface area contributed by atoms with Crippen molar-refractivity contribution in [3.8, 4) is 5.75 Å². The number of ether oxygens (including phenoxy) is 1. The van der Waals surface area contributed by atoms with Gasteiger partial charge in [0.25, 0.3) is 0 Å². The van der Waals surface area contributed by atoms with Gasteiger partial charge < -0.3 is 10.1 Å². The van der Waals surface area contributed by atoms with E-state index in [-0.39, 0.29) is 5.91 Å². The van der Waals surface area contributed by atoms with Crippen LogP contribution in [-0.2, 0) is 10.2 Å². The molecule has 0 unspecified atom stereocenters. The highest BCUT2D eigenvalue weighted by molar-refractivity contribution is 6.35. The predicted octanol–water partition coefficient (Wildman–Crippen LogP) is 6.85. The molecule has 0 heterocycles. The first-order valence-electron chi connectivity index (χ1n) is 9.88. The first kappa shape index (κ1) is 21.0. The number of carbonyl (C=O) groups is 1. The molecule has 2 aromatic rings. The van der Waals surface area contributed by atoms with Gasteiger partial charge in [0, 0.05) is 15.7 Å². The Bertz CT molecular complexity index is 850. The first-order valence-corrected chi connectivity index (χ1v) is 10.6. The first-order chi connectivity index (χ1) is 13.4. The lowest BCUT2D eigenvalue weighted by Gasteiger charge is -2.29. The molecule has 2 aromatic carbocycles. The number of aryl methyl sites for hydroxylation is 2. The lowest BCUT2D eigenvalue weighted by atomic mass is 9.78. The standard InChI is InChI=1S/C23H27Cl2NO2/c1-4-11-28-21-15(2)12-18(13-16(21)3)26-22(27)23(9-5-6-10-23)19-8-7-17(24)14-20(19)25/h7-8,12-14H,4-6,9-11H2,1-3H3,(H,26,27). The summed E-state index contributed by atoms with van der Waals surface area (Å²) in [6, 6.07) is 9.38. The van der Waals surface area contributed by atoms with E-state index in [0.29, 0.717) is 16.7 Å². The van der Waals surface area contributed by atoms with Crippen molar-refractivity contribution in [1.82, 2.24) is 0 Å². The molecule has 0 atom stereocenters. The van der Waals surface area contributed by atoms with Crippen LogP contribution >= 0.6 is 23.2 Å². The highest BCUT2D eigenvalue weighted by Gasteiger charge is 2.44. The highest BCUT2D eigenvalue weighted by Crippen LogP contribution is 2.45. The average Bonchev–Trinajstić information content (AvgIpc) is 3.12. The number of nitrogens with one attached hydrogen (secondary N) is 1. The van der Waals surface area contributed by atoms with E-state index in [1.165, 1.54) is 0 Å². The van der Waals surface area contributed by atoms with Crippen LogP contribution in [0, 0.1) is 13.8 Å². The zero-order chi connectivity index (χ0) is 20.3. The number of hydrogen-bond acceptors (Lipinski definition) is 2. The quantitative estimate of drug-likeness (QED) is 0.555. The molecule has 1 amide bonds. The summed E-state index contributed by atoms with van der Waals surface area (Å²) >= 11 is 12.6. The fraction of sp³-hybridized carbons (Fsp3) is 0.435. The Hall–Kier alpha value is -1.71. The summed E-state index contributed by atoms with van der Waals surface area (Å²) in [6.07, 6.45) is 4.55. The topological polar surface area (TPSA) is 38.3 Å². The van der Waals surface area contributed by atoms with E-state index in [1.807, 2.05) is 38.1 Å². The Morgan fingerprint density at radius 1 is 1.11 bits per heavy atom. The maximum absolute atomic E-state index is 13.4. The highest BCUT2D eigenvalue weighted by atomic mass is 35.5. The summed E-state index contributed by atoms with van der Waals surface area (Å²) in [5.74, 6) is 0.895. The van der Waals surface area contributed by atoms with Gasteiger partial charge in [0.15, 0.2) is 0 Å². The molecular weight excluding hydrogens is 393 g/mol. The van der Waals surface area contributed by atoms with Crippen LogP contribution < -0.4 is 10.1 Å². The van der Waals surface area contributed by atoms with E-state index in [0.717, 1.165) is 60.2 Å². The third-order valence-electron chi connectivity index (χ3n) is 5.51. The minimum absolute atomic E-state index is 0.00440. The van der Waals surface area contributed by atoms with Gasteiger partial charge in [0.05, 0.1) is 12.0 Å². The van der Waals surface area contributed by atoms with E-state index in [2.05, 4.69) is 12.2 Å². The lowest BCUT2D eigenvalue weighted by Crippen LogP contribution is -2.38. The maximum atomic E-state index is 13.4. The largest absolute Gasteiger partial charge is 0.493 e. The fourth-order valence-corrected chi connectivity index (χ4v) is 4.77. The van der Waals surface area contributed by atoms with Crippen LogP contribution in [0.5, 0.6) is 5.75 Å². The Balaban J connectivity index is 1.90. The van der Waals surface area contributed by atoms with Gasteiger partial charge in [0.2, 0.25) is 5.91 Å². The Morgan fingerprint density at radius 2 is 1.75 bits per heavy atom. The van der Waals surface area contributed by atoms with Gasteiger partial charge in [-0.3, -0.25) is 4.79 Å². The van der Waals surface area contributed by atoms with Gasteiger partial charge in [-0.1, -0.05) is 49.0 Å². The van der Waals surface area contributed by atoms with Crippen molar-refractivity contribution in [2.45, 2.75) is 58.3 Å². The fourth-order valence-electron chi connectivity index (χ4n) is 4.18. The van der Waals surface area contributed by atoms with Crippen LogP contribution in [-0.4, -0.2) is 12.5 Å². The summed E-state index contributed by atoms with van der Waals surface area (Å²) < 4.78 is 5.85. The number of carbonyl (C=O) groups excluding carboxylic acids is 1. The molecule has 150 valence electrons. The van der Waals surface area contributed by atoms with Gasteiger partial charge in [-0.15, -0.1) is 0 Å². The number of benzene rings is 2. The maximum Gasteiger partial charge on any atom is 0.235 e. The van der Waals surface area contributed by atoms with Crippen molar-refractivity contribution in [2.24, 2.45) is 0 Å². The molecule has 3 rings (SSSR count). The van der Waals surface area contributed by atoms with E-state index >= 15 is 0 Å². The molecule has 0 aliphatic heterocycles. The van der Waals surface area contributed by atoms with Gasteiger partial charge in [-0.2, -0.15) is 0 Å². The van der Waals surface area contributed by atoms with Crippen molar-refractivity contribution < 1.29 is 9.53 Å². The minimum Gasteiger partial charge on any atom is -0.493 e. The van der Waals surface area contributed by atoms with E-state index in [1.54, 1.807) is 6.07 Å². The van der Waals surface area contributed by atoms with Crippen molar-refractivity contribution in [3.63, 3.8) is 0 Å². The number of anilines is 1. The molecule has 0 aromatic heterocycles. The summed E-state index contributed by atoms with van der Waals surface area (Å²) in [7, 11) is 0. The molecule has 5 heteroatoms. The molecule has 0 spiro atoms. The summed E-state index contributed by atoms with van der Waals surface area (Å²) in [4.78, 5) is 13.4. The van der Waals surface area contributed by atoms with E-state index in [9.17, 15) is 4.79 Å². The molecule has 0 radical (unpaired) electrons. The van der Waals surface area contributed by atoms with Crippen LogP contribution in [0.1, 0.15) is 55.7 Å². The van der Waals surface area contributed by atoms with Crippen molar-refractivity contribution in [2.75, 3.05) is 11.9 Å². The van der Waals surface area contributed by atoms with Gasteiger partial charge in [-0.05, 0) is 74.1 Å². The van der Waals surface area contributed by atoms with Crippen molar-refractivity contribution in [3.05, 3.63) is 57.1 Å². The smallest absolute Gasteiger partial charge is 0.235 e. The monoisotopic (exact) mass is 419 g/mol. The molecule has 1 aliphatic carbocycles. The second-order valence-corrected chi connectivity index (χ2v) is 8.50. The average molecular weight is 420 g/mol. The Morgan fingerprint density at radius 3 is 2.32 bits per heavy atom. The van der Waals surface area contributed by atoms with E-state index in [4.69, 9.17) is 27.9 Å². The zero-order valence-corrected chi connectivity index (χ0v) is 18.2. The van der Waals surface area contributed by atoms with Crippen molar-refractivity contribution >= 4 is 34.8 Å². The van der Waals surface area contributed by atoms with Gasteiger partial charge in [-0.25, -0.2) is 0 Å². The molecule has 0 saturated heterocycles. The van der Waals surface area contributed by atoms with Crippen LogP contribution in [0.3, 0.4) is 0 Å². The second-order valence-electron chi connectivity index (χ2n) is 7.66. The minimum atomic E-state index is -0.610. The number of hydrogen-bond donors (Lipinski definition) is 1. The molecule has 1 fully saturated rings. The van der Waals surface area contributed by atoms with Gasteiger partial charge in [0.1, 0.15) is 5.75 Å². The van der Waals surface area contributed by atoms with E-state index < -0.39 is 5.41 Å². The third-order valence-corrected chi connectivity index (χ3v) is 6.05. The van der Waals surface area contributed by atoms with Crippen LogP contribution in [0.4, 0.5) is 5.69 Å². The summed E-state index contributed by atoms with van der Waals surface area (Å²) in [6.45, 7) is 6.79. The Labute approximate surface area is 177 Å². The SMILES string of the molecule is CCCOc1c(C)cc(NC(=O)C2(c3ccc(Cl)cc3Cl)CCCC2)cc1C. The lowest BCUT2D eigenvalue weighted by molar-refractivity contribution is -0.121. The number of rotatable bonds is 6. The third kappa shape index (κ3) is 4.16. The number of halogens is 2. The molecule has 1 saturated carbocycles. The number of amides is 1. The zero-order valence-electron chi connectivity index (χ0n) is 16.7. The molecule has 0 bridgehead atoms. The van der Waals surface area contributed by atoms with Crippen LogP contribution in [0.25, 0.3) is 0 Å². The molecule has 1 N–H and O–H groups in total.